The Morgan fingerprint density at radius 1 is 1.53 bits per heavy atom. The molecule has 1 aliphatic carbocycles. The lowest BCUT2D eigenvalue weighted by atomic mass is 9.96. The second-order valence-corrected chi connectivity index (χ2v) is 4.00. The van der Waals surface area contributed by atoms with E-state index >= 15 is 0 Å². The molecule has 3 heteroatoms. The van der Waals surface area contributed by atoms with Crippen molar-refractivity contribution in [2.24, 2.45) is 0 Å². The number of rotatable bonds is 2. The summed E-state index contributed by atoms with van der Waals surface area (Å²) in [6.45, 7) is 1.52. The molecule has 3 nitrogen and oxygen atoms in total. The molecule has 1 aromatic carbocycles. The fraction of sp³-hybridized carbons (Fsp3) is 0.333. The van der Waals surface area contributed by atoms with Crippen LogP contribution in [0.5, 0.6) is 5.75 Å². The summed E-state index contributed by atoms with van der Waals surface area (Å²) in [4.78, 5) is 22.6. The van der Waals surface area contributed by atoms with E-state index in [9.17, 15) is 14.7 Å². The zero-order valence-corrected chi connectivity index (χ0v) is 8.49. The number of fused-ring (bicyclic) bond motifs is 1. The molecule has 2 rings (SSSR count). The van der Waals surface area contributed by atoms with Gasteiger partial charge in [0.15, 0.2) is 5.78 Å². The highest BCUT2D eigenvalue weighted by Gasteiger charge is 2.30. The van der Waals surface area contributed by atoms with Crippen LogP contribution in [0, 0.1) is 0 Å². The van der Waals surface area contributed by atoms with Crippen LogP contribution >= 0.6 is 0 Å². The van der Waals surface area contributed by atoms with Crippen molar-refractivity contribution in [3.8, 4) is 5.75 Å². The summed E-state index contributed by atoms with van der Waals surface area (Å²) < 4.78 is 0. The number of benzene rings is 1. The lowest BCUT2D eigenvalue weighted by Crippen LogP contribution is -2.00. The first kappa shape index (κ1) is 9.90. The van der Waals surface area contributed by atoms with Gasteiger partial charge in [-0.05, 0) is 36.6 Å². The van der Waals surface area contributed by atoms with Crippen LogP contribution in [0.1, 0.15) is 41.6 Å². The van der Waals surface area contributed by atoms with E-state index < -0.39 is 0 Å². The quantitative estimate of drug-likeness (QED) is 0.802. The Kier molecular flexibility index (Phi) is 2.31. The van der Waals surface area contributed by atoms with Gasteiger partial charge in [0.2, 0.25) is 0 Å². The van der Waals surface area contributed by atoms with Gasteiger partial charge >= 0.3 is 0 Å². The molecule has 78 valence electrons. The maximum absolute atomic E-state index is 11.6. The summed E-state index contributed by atoms with van der Waals surface area (Å²) in [6, 6.07) is 4.73. The van der Waals surface area contributed by atoms with E-state index in [0.717, 1.165) is 5.56 Å². The molecule has 0 aliphatic heterocycles. The molecule has 0 spiro atoms. The normalized spacial score (nSPS) is 19.0. The summed E-state index contributed by atoms with van der Waals surface area (Å²) in [7, 11) is 0. The number of hydrogen-bond donors (Lipinski definition) is 1. The van der Waals surface area contributed by atoms with Gasteiger partial charge in [-0.3, -0.25) is 4.79 Å². The molecule has 1 aliphatic rings. The third-order valence-corrected chi connectivity index (χ3v) is 2.74. The maximum Gasteiger partial charge on any atom is 0.163 e. The second kappa shape index (κ2) is 3.50. The SMILES string of the molecule is CC(=O)CC1CC(=O)c2ccc(O)cc21. The minimum Gasteiger partial charge on any atom is -0.508 e. The number of aromatic hydroxyl groups is 1. The average Bonchev–Trinajstić information content (AvgIpc) is 2.42. The van der Waals surface area contributed by atoms with Crippen molar-refractivity contribution in [1.82, 2.24) is 0 Å². The van der Waals surface area contributed by atoms with Crippen molar-refractivity contribution in [2.75, 3.05) is 0 Å². The molecule has 0 saturated carbocycles. The molecule has 1 atom stereocenters. The Labute approximate surface area is 87.7 Å². The summed E-state index contributed by atoms with van der Waals surface area (Å²) >= 11 is 0. The highest BCUT2D eigenvalue weighted by molar-refractivity contribution is 6.02. The minimum absolute atomic E-state index is 0.0444. The molecule has 0 fully saturated rings. The van der Waals surface area contributed by atoms with Crippen molar-refractivity contribution in [1.29, 1.82) is 0 Å². The van der Waals surface area contributed by atoms with Crippen LogP contribution in [0.4, 0.5) is 0 Å². The van der Waals surface area contributed by atoms with E-state index in [-0.39, 0.29) is 23.2 Å². The number of ketones is 2. The molecule has 0 aromatic heterocycles. The van der Waals surface area contributed by atoms with Gasteiger partial charge < -0.3 is 9.90 Å². The van der Waals surface area contributed by atoms with Crippen LogP contribution < -0.4 is 0 Å². The number of phenols is 1. The smallest absolute Gasteiger partial charge is 0.163 e. The molecule has 0 bridgehead atoms. The summed E-state index contributed by atoms with van der Waals surface area (Å²) in [6.07, 6.45) is 0.764. The molecule has 0 heterocycles. The Hall–Kier alpha value is -1.64. The summed E-state index contributed by atoms with van der Waals surface area (Å²) in [5, 5.41) is 9.34. The number of phenolic OH excluding ortho intramolecular Hbond substituents is 1. The minimum atomic E-state index is -0.0444. The predicted octanol–water partition coefficient (Wildman–Crippen LogP) is 2.04. The Bertz CT molecular complexity index is 432. The first-order valence-corrected chi connectivity index (χ1v) is 4.93. The monoisotopic (exact) mass is 204 g/mol. The summed E-state index contributed by atoms with van der Waals surface area (Å²) in [5.74, 6) is 0.245. The first-order chi connectivity index (χ1) is 7.08. The number of carbonyl (C=O) groups is 2. The number of carbonyl (C=O) groups excluding carboxylic acids is 2. The van der Waals surface area contributed by atoms with Crippen molar-refractivity contribution >= 4 is 11.6 Å². The van der Waals surface area contributed by atoms with Gasteiger partial charge in [-0.25, -0.2) is 0 Å². The van der Waals surface area contributed by atoms with Gasteiger partial charge in [0, 0.05) is 18.4 Å². The van der Waals surface area contributed by atoms with E-state index in [1.165, 1.54) is 13.0 Å². The van der Waals surface area contributed by atoms with Crippen LogP contribution in [0.2, 0.25) is 0 Å². The number of hydrogen-bond acceptors (Lipinski definition) is 3. The van der Waals surface area contributed by atoms with Crippen LogP contribution in [0.15, 0.2) is 18.2 Å². The van der Waals surface area contributed by atoms with Gasteiger partial charge in [-0.1, -0.05) is 0 Å². The zero-order chi connectivity index (χ0) is 11.0. The first-order valence-electron chi connectivity index (χ1n) is 4.93. The van der Waals surface area contributed by atoms with E-state index in [1.54, 1.807) is 12.1 Å². The van der Waals surface area contributed by atoms with Crippen LogP contribution in [0.3, 0.4) is 0 Å². The highest BCUT2D eigenvalue weighted by Crippen LogP contribution is 2.37. The van der Waals surface area contributed by atoms with Crippen molar-refractivity contribution in [3.63, 3.8) is 0 Å². The Morgan fingerprint density at radius 2 is 2.27 bits per heavy atom. The highest BCUT2D eigenvalue weighted by atomic mass is 16.3. The van der Waals surface area contributed by atoms with Crippen molar-refractivity contribution < 1.29 is 14.7 Å². The average molecular weight is 204 g/mol. The van der Waals surface area contributed by atoms with Gasteiger partial charge in [-0.15, -0.1) is 0 Å². The molecule has 0 amide bonds. The van der Waals surface area contributed by atoms with E-state index in [1.807, 2.05) is 0 Å². The number of Topliss-reactive ketones (excluding diaryl/α,β-unsaturated/α-hetero) is 2. The fourth-order valence-corrected chi connectivity index (χ4v) is 2.11. The lowest BCUT2D eigenvalue weighted by molar-refractivity contribution is -0.117. The van der Waals surface area contributed by atoms with Crippen LogP contribution in [-0.4, -0.2) is 16.7 Å². The molecule has 1 aromatic rings. The van der Waals surface area contributed by atoms with Gasteiger partial charge in [0.05, 0.1) is 0 Å². The molecule has 0 radical (unpaired) electrons. The zero-order valence-electron chi connectivity index (χ0n) is 8.49. The summed E-state index contributed by atoms with van der Waals surface area (Å²) in [5.41, 5.74) is 1.47. The molecular weight excluding hydrogens is 192 g/mol. The molecule has 15 heavy (non-hydrogen) atoms. The van der Waals surface area contributed by atoms with Crippen LogP contribution in [0.25, 0.3) is 0 Å². The predicted molar refractivity (Wildman–Crippen MR) is 55.1 cm³/mol. The standard InChI is InChI=1S/C12H12O3/c1-7(13)4-8-5-12(15)10-3-2-9(14)6-11(8)10/h2-3,6,8,14H,4-5H2,1H3. The van der Waals surface area contributed by atoms with Gasteiger partial charge in [-0.2, -0.15) is 0 Å². The van der Waals surface area contributed by atoms with Crippen LogP contribution in [-0.2, 0) is 4.79 Å². The molecule has 0 saturated heterocycles. The van der Waals surface area contributed by atoms with E-state index in [0.29, 0.717) is 18.4 Å². The van der Waals surface area contributed by atoms with Gasteiger partial charge in [0.25, 0.3) is 0 Å². The second-order valence-electron chi connectivity index (χ2n) is 4.00. The Morgan fingerprint density at radius 3 is 2.93 bits per heavy atom. The lowest BCUT2D eigenvalue weighted by Gasteiger charge is -2.07. The molecule has 1 N–H and O–H groups in total. The largest absolute Gasteiger partial charge is 0.508 e. The molecular formula is C12H12O3. The molecule has 1 unspecified atom stereocenters. The van der Waals surface area contributed by atoms with Crippen molar-refractivity contribution in [3.05, 3.63) is 29.3 Å². The maximum atomic E-state index is 11.6. The topological polar surface area (TPSA) is 54.4 Å². The van der Waals surface area contributed by atoms with Crippen molar-refractivity contribution in [2.45, 2.75) is 25.7 Å². The van der Waals surface area contributed by atoms with E-state index in [4.69, 9.17) is 0 Å². The van der Waals surface area contributed by atoms with Gasteiger partial charge in [0.1, 0.15) is 11.5 Å². The Balaban J connectivity index is 2.39. The van der Waals surface area contributed by atoms with E-state index in [2.05, 4.69) is 0 Å². The third kappa shape index (κ3) is 1.77. The third-order valence-electron chi connectivity index (χ3n) is 2.74. The fourth-order valence-electron chi connectivity index (χ4n) is 2.11.